The van der Waals surface area contributed by atoms with Gasteiger partial charge in [-0.05, 0) is 29.7 Å². The minimum Gasteiger partial charge on any atom is -0.297 e. The van der Waals surface area contributed by atoms with Gasteiger partial charge in [-0.15, -0.1) is 0 Å². The summed E-state index contributed by atoms with van der Waals surface area (Å²) >= 11 is 3.49. The van der Waals surface area contributed by atoms with Crippen molar-refractivity contribution in [2.24, 2.45) is 0 Å². The zero-order valence-electron chi connectivity index (χ0n) is 10.3. The molecule has 0 aromatic heterocycles. The zero-order chi connectivity index (χ0) is 12.8. The number of benzene rings is 2. The van der Waals surface area contributed by atoms with Gasteiger partial charge in [0.2, 0.25) is 0 Å². The molecule has 0 aliphatic heterocycles. The molecule has 2 nitrogen and oxygen atoms in total. The minimum absolute atomic E-state index is 0.580. The van der Waals surface area contributed by atoms with Crippen LogP contribution < -0.4 is 5.48 Å². The molecule has 2 aromatic rings. The Bertz CT molecular complexity index is 499. The summed E-state index contributed by atoms with van der Waals surface area (Å²) in [5, 5.41) is 0. The van der Waals surface area contributed by atoms with Crippen LogP contribution in [0.2, 0.25) is 0 Å². The van der Waals surface area contributed by atoms with Crippen LogP contribution in [0.25, 0.3) is 0 Å². The van der Waals surface area contributed by atoms with E-state index in [2.05, 4.69) is 46.5 Å². The third kappa shape index (κ3) is 3.95. The van der Waals surface area contributed by atoms with Gasteiger partial charge in [-0.2, -0.15) is 5.48 Å². The van der Waals surface area contributed by atoms with E-state index in [9.17, 15) is 0 Å². The lowest BCUT2D eigenvalue weighted by molar-refractivity contribution is 0.0235. The molecule has 3 heteroatoms. The average Bonchev–Trinajstić information content (AvgIpc) is 2.40. The maximum absolute atomic E-state index is 5.43. The summed E-state index contributed by atoms with van der Waals surface area (Å²) in [7, 11) is 0. The predicted molar refractivity (Wildman–Crippen MR) is 76.9 cm³/mol. The van der Waals surface area contributed by atoms with Crippen molar-refractivity contribution in [2.45, 2.75) is 20.1 Å². The zero-order valence-corrected chi connectivity index (χ0v) is 11.9. The molecule has 0 unspecified atom stereocenters. The van der Waals surface area contributed by atoms with Crippen LogP contribution in [-0.4, -0.2) is 0 Å². The van der Waals surface area contributed by atoms with Gasteiger partial charge in [-0.1, -0.05) is 58.4 Å². The summed E-state index contributed by atoms with van der Waals surface area (Å²) in [6.45, 7) is 3.37. The number of nitrogens with one attached hydrogen (secondary N) is 1. The Kier molecular flexibility index (Phi) is 4.93. The molecule has 0 heterocycles. The van der Waals surface area contributed by atoms with Crippen LogP contribution in [0.3, 0.4) is 0 Å². The fourth-order valence-electron chi connectivity index (χ4n) is 1.66. The number of hydrogen-bond donors (Lipinski definition) is 1. The van der Waals surface area contributed by atoms with Crippen molar-refractivity contribution >= 4 is 15.9 Å². The lowest BCUT2D eigenvalue weighted by Gasteiger charge is -2.07. The van der Waals surface area contributed by atoms with E-state index < -0.39 is 0 Å². The van der Waals surface area contributed by atoms with Crippen molar-refractivity contribution in [1.29, 1.82) is 0 Å². The third-order valence-corrected chi connectivity index (χ3v) is 3.57. The van der Waals surface area contributed by atoms with E-state index in [1.165, 1.54) is 11.1 Å². The molecule has 0 aliphatic carbocycles. The molecule has 0 atom stereocenters. The third-order valence-electron chi connectivity index (χ3n) is 2.68. The van der Waals surface area contributed by atoms with E-state index in [1.807, 2.05) is 30.3 Å². The molecule has 0 radical (unpaired) electrons. The summed E-state index contributed by atoms with van der Waals surface area (Å²) in [5.41, 5.74) is 6.59. The molecular weight excluding hydrogens is 290 g/mol. The van der Waals surface area contributed by atoms with Gasteiger partial charge in [0.25, 0.3) is 0 Å². The van der Waals surface area contributed by atoms with Crippen LogP contribution in [0.5, 0.6) is 0 Å². The molecule has 2 rings (SSSR count). The maximum atomic E-state index is 5.43. The second-order valence-electron chi connectivity index (χ2n) is 4.18. The molecule has 2 aromatic carbocycles. The molecule has 18 heavy (non-hydrogen) atoms. The molecule has 0 saturated heterocycles. The lowest BCUT2D eigenvalue weighted by Crippen LogP contribution is -2.13. The van der Waals surface area contributed by atoms with Crippen molar-refractivity contribution < 1.29 is 4.84 Å². The highest BCUT2D eigenvalue weighted by Gasteiger charge is 1.97. The van der Waals surface area contributed by atoms with Crippen LogP contribution in [-0.2, 0) is 18.0 Å². The molecular formula is C15H16BrNO. The molecule has 1 N–H and O–H groups in total. The molecule has 94 valence electrons. The number of halogens is 1. The Morgan fingerprint density at radius 1 is 1.06 bits per heavy atom. The smallest absolute Gasteiger partial charge is 0.0933 e. The second kappa shape index (κ2) is 6.69. The molecule has 0 spiro atoms. The monoisotopic (exact) mass is 305 g/mol. The Labute approximate surface area is 116 Å². The van der Waals surface area contributed by atoms with Crippen LogP contribution in [0.15, 0.2) is 53.0 Å². The van der Waals surface area contributed by atoms with Crippen molar-refractivity contribution in [2.75, 3.05) is 0 Å². The first-order chi connectivity index (χ1) is 8.75. The van der Waals surface area contributed by atoms with Gasteiger partial charge in [0.05, 0.1) is 6.61 Å². The van der Waals surface area contributed by atoms with E-state index in [-0.39, 0.29) is 0 Å². The van der Waals surface area contributed by atoms with Gasteiger partial charge in [-0.3, -0.25) is 4.84 Å². The van der Waals surface area contributed by atoms with Gasteiger partial charge < -0.3 is 0 Å². The van der Waals surface area contributed by atoms with Gasteiger partial charge in [0.15, 0.2) is 0 Å². The summed E-state index contributed by atoms with van der Waals surface area (Å²) in [6.07, 6.45) is 0. The van der Waals surface area contributed by atoms with Gasteiger partial charge in [-0.25, -0.2) is 0 Å². The average molecular weight is 306 g/mol. The first-order valence-corrected chi connectivity index (χ1v) is 6.68. The number of aryl methyl sites for hydroxylation is 1. The van der Waals surface area contributed by atoms with E-state index in [4.69, 9.17) is 4.84 Å². The number of hydroxylamine groups is 1. The highest BCUT2D eigenvalue weighted by Crippen LogP contribution is 2.16. The second-order valence-corrected chi connectivity index (χ2v) is 5.03. The number of hydrogen-bond acceptors (Lipinski definition) is 2. The topological polar surface area (TPSA) is 21.3 Å². The largest absolute Gasteiger partial charge is 0.297 e. The van der Waals surface area contributed by atoms with Gasteiger partial charge in [0, 0.05) is 11.0 Å². The van der Waals surface area contributed by atoms with Crippen molar-refractivity contribution in [3.63, 3.8) is 0 Å². The van der Waals surface area contributed by atoms with Gasteiger partial charge >= 0.3 is 0 Å². The normalized spacial score (nSPS) is 10.6. The Balaban J connectivity index is 1.77. The first-order valence-electron chi connectivity index (χ1n) is 5.89. The SMILES string of the molecule is Cc1cc(CNOCc2ccccc2)ccc1Br. The summed E-state index contributed by atoms with van der Waals surface area (Å²) in [4.78, 5) is 5.43. The van der Waals surface area contributed by atoms with E-state index >= 15 is 0 Å². The van der Waals surface area contributed by atoms with Crippen LogP contribution in [0.1, 0.15) is 16.7 Å². The summed E-state index contributed by atoms with van der Waals surface area (Å²) < 4.78 is 1.14. The van der Waals surface area contributed by atoms with Crippen LogP contribution in [0, 0.1) is 6.92 Å². The van der Waals surface area contributed by atoms with Crippen molar-refractivity contribution in [1.82, 2.24) is 5.48 Å². The Morgan fingerprint density at radius 2 is 1.83 bits per heavy atom. The van der Waals surface area contributed by atoms with Crippen LogP contribution in [0.4, 0.5) is 0 Å². The molecule has 0 bridgehead atoms. The Morgan fingerprint density at radius 3 is 2.56 bits per heavy atom. The minimum atomic E-state index is 0.580. The Hall–Kier alpha value is -1.16. The molecule has 0 aliphatic rings. The first kappa shape index (κ1) is 13.3. The van der Waals surface area contributed by atoms with E-state index in [0.29, 0.717) is 13.2 Å². The van der Waals surface area contributed by atoms with Crippen molar-refractivity contribution in [3.8, 4) is 0 Å². The summed E-state index contributed by atoms with van der Waals surface area (Å²) in [5.74, 6) is 0. The van der Waals surface area contributed by atoms with E-state index in [1.54, 1.807) is 0 Å². The molecule has 0 amide bonds. The lowest BCUT2D eigenvalue weighted by atomic mass is 10.1. The number of rotatable bonds is 5. The highest BCUT2D eigenvalue weighted by molar-refractivity contribution is 9.10. The highest BCUT2D eigenvalue weighted by atomic mass is 79.9. The maximum Gasteiger partial charge on any atom is 0.0933 e. The fourth-order valence-corrected chi connectivity index (χ4v) is 1.91. The van der Waals surface area contributed by atoms with Crippen LogP contribution >= 0.6 is 15.9 Å². The molecule has 0 fully saturated rings. The molecule has 0 saturated carbocycles. The quantitative estimate of drug-likeness (QED) is 0.666. The summed E-state index contributed by atoms with van der Waals surface area (Å²) in [6, 6.07) is 16.4. The fraction of sp³-hybridized carbons (Fsp3) is 0.200. The predicted octanol–water partition coefficient (Wildman–Crippen LogP) is 3.98. The standard InChI is InChI=1S/C15H16BrNO/c1-12-9-14(7-8-15(12)16)10-17-18-11-13-5-3-2-4-6-13/h2-9,17H,10-11H2,1H3. The van der Waals surface area contributed by atoms with Crippen molar-refractivity contribution in [3.05, 3.63) is 69.7 Å². The van der Waals surface area contributed by atoms with E-state index in [0.717, 1.165) is 10.0 Å². The van der Waals surface area contributed by atoms with Gasteiger partial charge in [0.1, 0.15) is 0 Å².